The molecule has 0 aliphatic carbocycles. The van der Waals surface area contributed by atoms with Crippen LogP contribution in [-0.4, -0.2) is 25.2 Å². The molecule has 0 aliphatic heterocycles. The van der Waals surface area contributed by atoms with E-state index in [-0.39, 0.29) is 0 Å². The molecule has 2 aromatic heterocycles. The predicted octanol–water partition coefficient (Wildman–Crippen LogP) is 1.14. The number of aromatic nitrogens is 5. The molecular weight excluding hydrogens is 178 g/mol. The summed E-state index contributed by atoms with van der Waals surface area (Å²) in [5.74, 6) is 0.894. The van der Waals surface area contributed by atoms with E-state index in [0.717, 1.165) is 16.6 Å². The highest BCUT2D eigenvalue weighted by molar-refractivity contribution is 5.89. The Bertz CT molecular complexity index is 551. The van der Waals surface area contributed by atoms with Gasteiger partial charge in [-0.3, -0.25) is 0 Å². The molecule has 1 N–H and O–H groups in total. The fraction of sp³-hybridized carbons (Fsp3) is 0. The molecule has 3 rings (SSSR count). The van der Waals surface area contributed by atoms with E-state index in [1.165, 1.54) is 0 Å². The number of rotatable bonds is 1. The molecule has 0 saturated carbocycles. The smallest absolute Gasteiger partial charge is 0.145 e. The number of aromatic amines is 1. The summed E-state index contributed by atoms with van der Waals surface area (Å²) in [7, 11) is 0. The summed E-state index contributed by atoms with van der Waals surface area (Å²) in [6, 6.07) is 8.06. The summed E-state index contributed by atoms with van der Waals surface area (Å²) in [4.78, 5) is 3.14. The Morgan fingerprint density at radius 2 is 2.14 bits per heavy atom. The highest BCUT2D eigenvalue weighted by atomic mass is 15.5. The number of nitrogens with zero attached hydrogens (tertiary/aromatic N) is 4. The Morgan fingerprint density at radius 1 is 1.21 bits per heavy atom. The highest BCUT2D eigenvalue weighted by Crippen LogP contribution is 2.19. The lowest BCUT2D eigenvalue weighted by molar-refractivity contribution is 0.779. The van der Waals surface area contributed by atoms with Crippen LogP contribution in [0.2, 0.25) is 0 Å². The van der Waals surface area contributed by atoms with Crippen LogP contribution in [-0.2, 0) is 0 Å². The van der Waals surface area contributed by atoms with E-state index >= 15 is 0 Å². The Kier molecular flexibility index (Phi) is 1.38. The number of hydrogen-bond donors (Lipinski definition) is 1. The fourth-order valence-corrected chi connectivity index (χ4v) is 1.52. The molecule has 1 aromatic carbocycles. The Morgan fingerprint density at radius 3 is 3.00 bits per heavy atom. The SMILES string of the molecule is c1ccc2c(-n3cnnn3)[nH]cc2c1. The van der Waals surface area contributed by atoms with Crippen molar-refractivity contribution in [1.82, 2.24) is 25.2 Å². The van der Waals surface area contributed by atoms with Gasteiger partial charge in [0.25, 0.3) is 0 Å². The normalized spacial score (nSPS) is 10.9. The summed E-state index contributed by atoms with van der Waals surface area (Å²) in [5.41, 5.74) is 0. The number of benzene rings is 1. The van der Waals surface area contributed by atoms with Crippen molar-refractivity contribution in [2.24, 2.45) is 0 Å². The van der Waals surface area contributed by atoms with Crippen LogP contribution in [0.1, 0.15) is 0 Å². The average molecular weight is 185 g/mol. The van der Waals surface area contributed by atoms with E-state index in [9.17, 15) is 0 Å². The van der Waals surface area contributed by atoms with Crippen LogP contribution in [0.25, 0.3) is 16.6 Å². The molecule has 0 fully saturated rings. The van der Waals surface area contributed by atoms with Gasteiger partial charge in [-0.2, -0.15) is 4.68 Å². The number of H-pyrrole nitrogens is 1. The summed E-state index contributed by atoms with van der Waals surface area (Å²) in [5, 5.41) is 13.3. The standard InChI is InChI=1S/C9H7N5/c1-2-4-8-7(3-1)5-10-9(8)14-6-11-12-13-14/h1-6,10H. The van der Waals surface area contributed by atoms with E-state index in [0.29, 0.717) is 0 Å². The first-order chi connectivity index (χ1) is 6.95. The second kappa shape index (κ2) is 2.66. The van der Waals surface area contributed by atoms with Crippen molar-refractivity contribution in [3.8, 4) is 5.82 Å². The summed E-state index contributed by atoms with van der Waals surface area (Å²) < 4.78 is 1.61. The molecule has 0 unspecified atom stereocenters. The first kappa shape index (κ1) is 7.25. The molecule has 0 spiro atoms. The first-order valence-corrected chi connectivity index (χ1v) is 4.24. The van der Waals surface area contributed by atoms with Gasteiger partial charge < -0.3 is 4.98 Å². The van der Waals surface area contributed by atoms with Crippen LogP contribution in [0.15, 0.2) is 36.8 Å². The molecule has 5 heteroatoms. The van der Waals surface area contributed by atoms with Crippen LogP contribution in [0.4, 0.5) is 0 Å². The van der Waals surface area contributed by atoms with E-state index in [1.54, 1.807) is 11.0 Å². The Hall–Kier alpha value is -2.17. The topological polar surface area (TPSA) is 59.4 Å². The molecule has 68 valence electrons. The number of nitrogens with one attached hydrogen (secondary N) is 1. The van der Waals surface area contributed by atoms with Crippen molar-refractivity contribution in [3.63, 3.8) is 0 Å². The van der Waals surface area contributed by atoms with Gasteiger partial charge in [-0.15, -0.1) is 5.10 Å². The second-order valence-corrected chi connectivity index (χ2v) is 2.98. The first-order valence-electron chi connectivity index (χ1n) is 4.24. The van der Waals surface area contributed by atoms with Gasteiger partial charge >= 0.3 is 0 Å². The average Bonchev–Trinajstić information content (AvgIpc) is 2.85. The Balaban J connectivity index is 2.33. The van der Waals surface area contributed by atoms with Gasteiger partial charge in [0.2, 0.25) is 0 Å². The third kappa shape index (κ3) is 0.922. The minimum absolute atomic E-state index is 0.894. The summed E-state index contributed by atoms with van der Waals surface area (Å²) >= 11 is 0. The van der Waals surface area contributed by atoms with Gasteiger partial charge in [0.05, 0.1) is 0 Å². The van der Waals surface area contributed by atoms with Crippen molar-refractivity contribution in [3.05, 3.63) is 36.8 Å². The van der Waals surface area contributed by atoms with Crippen LogP contribution in [0.5, 0.6) is 0 Å². The second-order valence-electron chi connectivity index (χ2n) is 2.98. The van der Waals surface area contributed by atoms with Crippen molar-refractivity contribution >= 4 is 10.8 Å². The van der Waals surface area contributed by atoms with Gasteiger partial charge in [0.15, 0.2) is 0 Å². The number of tetrazole rings is 1. The molecule has 5 nitrogen and oxygen atoms in total. The van der Waals surface area contributed by atoms with Crippen LogP contribution >= 0.6 is 0 Å². The zero-order valence-electron chi connectivity index (χ0n) is 7.25. The van der Waals surface area contributed by atoms with Crippen molar-refractivity contribution in [2.45, 2.75) is 0 Å². The fourth-order valence-electron chi connectivity index (χ4n) is 1.52. The summed E-state index contributed by atoms with van der Waals surface area (Å²) in [6.45, 7) is 0. The van der Waals surface area contributed by atoms with Crippen molar-refractivity contribution in [2.75, 3.05) is 0 Å². The van der Waals surface area contributed by atoms with Crippen LogP contribution in [0, 0.1) is 0 Å². The molecule has 14 heavy (non-hydrogen) atoms. The monoisotopic (exact) mass is 185 g/mol. The third-order valence-corrected chi connectivity index (χ3v) is 2.16. The zero-order chi connectivity index (χ0) is 9.38. The number of hydrogen-bond acceptors (Lipinski definition) is 3. The van der Waals surface area contributed by atoms with E-state index in [2.05, 4.69) is 20.5 Å². The van der Waals surface area contributed by atoms with Crippen molar-refractivity contribution < 1.29 is 0 Å². The Labute approximate surface area is 79.4 Å². The molecular formula is C9H7N5. The lowest BCUT2D eigenvalue weighted by Gasteiger charge is -1.95. The van der Waals surface area contributed by atoms with E-state index < -0.39 is 0 Å². The lowest BCUT2D eigenvalue weighted by atomic mass is 10.2. The van der Waals surface area contributed by atoms with E-state index in [4.69, 9.17) is 0 Å². The molecule has 0 bridgehead atoms. The maximum absolute atomic E-state index is 3.83. The zero-order valence-corrected chi connectivity index (χ0v) is 7.25. The third-order valence-electron chi connectivity index (χ3n) is 2.16. The minimum Gasteiger partial charge on any atom is -0.345 e. The van der Waals surface area contributed by atoms with Gasteiger partial charge in [-0.1, -0.05) is 24.3 Å². The van der Waals surface area contributed by atoms with Crippen molar-refractivity contribution in [1.29, 1.82) is 0 Å². The number of fused-ring (bicyclic) bond motifs is 1. The maximum atomic E-state index is 3.83. The molecule has 0 amide bonds. The molecule has 0 aliphatic rings. The minimum atomic E-state index is 0.894. The highest BCUT2D eigenvalue weighted by Gasteiger charge is 2.04. The molecule has 0 radical (unpaired) electrons. The molecule has 2 heterocycles. The maximum Gasteiger partial charge on any atom is 0.145 e. The van der Waals surface area contributed by atoms with Crippen LogP contribution < -0.4 is 0 Å². The largest absolute Gasteiger partial charge is 0.345 e. The molecule has 3 aromatic rings. The van der Waals surface area contributed by atoms with Gasteiger partial charge in [-0.05, 0) is 10.4 Å². The quantitative estimate of drug-likeness (QED) is 0.618. The van der Waals surface area contributed by atoms with Crippen LogP contribution in [0.3, 0.4) is 0 Å². The predicted molar refractivity (Wildman–Crippen MR) is 51.0 cm³/mol. The van der Waals surface area contributed by atoms with E-state index in [1.807, 2.05) is 30.5 Å². The summed E-state index contributed by atoms with van der Waals surface area (Å²) in [6.07, 6.45) is 3.50. The van der Waals surface area contributed by atoms with Gasteiger partial charge in [0.1, 0.15) is 12.1 Å². The lowest BCUT2D eigenvalue weighted by Crippen LogP contribution is -1.95. The van der Waals surface area contributed by atoms with Gasteiger partial charge in [0, 0.05) is 17.0 Å². The molecule has 0 saturated heterocycles. The molecule has 0 atom stereocenters. The van der Waals surface area contributed by atoms with Gasteiger partial charge in [-0.25, -0.2) is 0 Å².